The zero-order chi connectivity index (χ0) is 28.0. The van der Waals surface area contributed by atoms with E-state index in [2.05, 4.69) is 26.3 Å². The molecule has 5 rings (SSSR count). The van der Waals surface area contributed by atoms with Gasteiger partial charge in [0.1, 0.15) is 17.4 Å². The number of aromatic nitrogens is 2. The van der Waals surface area contributed by atoms with E-state index in [4.69, 9.17) is 10.00 Å². The smallest absolute Gasteiger partial charge is 0.255 e. The van der Waals surface area contributed by atoms with Crippen molar-refractivity contribution in [2.24, 2.45) is 5.41 Å². The zero-order valence-corrected chi connectivity index (χ0v) is 22.8. The van der Waals surface area contributed by atoms with Crippen molar-refractivity contribution in [2.75, 3.05) is 44.2 Å². The first kappa shape index (κ1) is 27.1. The van der Waals surface area contributed by atoms with E-state index in [0.717, 1.165) is 38.0 Å². The minimum atomic E-state index is -0.162. The SMILES string of the molecule is Cc1nccc(N2CCCC3(CCN(C(=O)c4ccc(C#N)cc4)CC3)COc3ccccc3C(=O)NCC2)n1. The standard InChI is InChI=1S/C31H34N6O3/c1-23-33-15-11-28(35-23)36-17-4-12-31(22-40-27-6-3-2-5-26(27)29(38)34-16-20-36)13-18-37(19-14-31)30(39)25-9-7-24(21-32)8-10-25/h2-3,5-11,15H,4,12-14,16-20,22H2,1H3,(H,34,38). The molecule has 0 saturated carbocycles. The number of aryl methyl sites for hydroxylation is 1. The molecule has 0 radical (unpaired) electrons. The molecule has 2 aliphatic rings. The number of amides is 2. The molecule has 40 heavy (non-hydrogen) atoms. The lowest BCUT2D eigenvalue weighted by atomic mass is 9.75. The van der Waals surface area contributed by atoms with Crippen molar-refractivity contribution in [3.8, 4) is 11.8 Å². The predicted octanol–water partition coefficient (Wildman–Crippen LogP) is 3.99. The van der Waals surface area contributed by atoms with Gasteiger partial charge in [0.2, 0.25) is 0 Å². The lowest BCUT2D eigenvalue weighted by Crippen LogP contribution is -2.46. The maximum atomic E-state index is 13.2. The Morgan fingerprint density at radius 1 is 1.02 bits per heavy atom. The predicted molar refractivity (Wildman–Crippen MR) is 151 cm³/mol. The fourth-order valence-electron chi connectivity index (χ4n) is 5.54. The number of benzene rings is 2. The molecule has 0 bridgehead atoms. The van der Waals surface area contributed by atoms with Gasteiger partial charge in [-0.1, -0.05) is 12.1 Å². The summed E-state index contributed by atoms with van der Waals surface area (Å²) in [7, 11) is 0. The first-order chi connectivity index (χ1) is 19.5. The van der Waals surface area contributed by atoms with E-state index in [1.54, 1.807) is 36.5 Å². The number of nitrogens with zero attached hydrogens (tertiary/aromatic N) is 5. The number of piperidine rings is 1. The number of carbonyl (C=O) groups excluding carboxylic acids is 2. The van der Waals surface area contributed by atoms with Crippen LogP contribution < -0.4 is 15.0 Å². The minimum Gasteiger partial charge on any atom is -0.492 e. The molecule has 2 amide bonds. The Balaban J connectivity index is 1.35. The summed E-state index contributed by atoms with van der Waals surface area (Å²) in [4.78, 5) is 39.2. The third-order valence-electron chi connectivity index (χ3n) is 7.93. The number of hydrogen-bond acceptors (Lipinski definition) is 7. The molecule has 1 saturated heterocycles. The van der Waals surface area contributed by atoms with Gasteiger partial charge in [-0.2, -0.15) is 5.26 Å². The number of ether oxygens (including phenoxy) is 1. The van der Waals surface area contributed by atoms with Gasteiger partial charge in [-0.05, 0) is 75.1 Å². The van der Waals surface area contributed by atoms with Gasteiger partial charge in [-0.15, -0.1) is 0 Å². The van der Waals surface area contributed by atoms with Crippen LogP contribution in [0.2, 0.25) is 0 Å². The molecule has 3 aromatic rings. The van der Waals surface area contributed by atoms with E-state index in [1.807, 2.05) is 36.1 Å². The molecule has 206 valence electrons. The number of nitrogens with one attached hydrogen (secondary N) is 1. The number of anilines is 1. The second-order valence-corrected chi connectivity index (χ2v) is 10.6. The third kappa shape index (κ3) is 6.23. The van der Waals surface area contributed by atoms with Crippen LogP contribution in [0.15, 0.2) is 60.8 Å². The molecule has 0 unspecified atom stereocenters. The van der Waals surface area contributed by atoms with Gasteiger partial charge in [0.05, 0.1) is 23.8 Å². The lowest BCUT2D eigenvalue weighted by molar-refractivity contribution is 0.0365. The average Bonchev–Trinajstić information content (AvgIpc) is 3.00. The van der Waals surface area contributed by atoms with Crippen molar-refractivity contribution in [3.63, 3.8) is 0 Å². The third-order valence-corrected chi connectivity index (χ3v) is 7.93. The molecule has 1 N–H and O–H groups in total. The number of fused-ring (bicyclic) bond motifs is 1. The molecule has 0 atom stereocenters. The Labute approximate surface area is 234 Å². The Kier molecular flexibility index (Phi) is 8.25. The van der Waals surface area contributed by atoms with E-state index in [1.165, 1.54) is 0 Å². The number of rotatable bonds is 2. The van der Waals surface area contributed by atoms with Crippen molar-refractivity contribution in [1.29, 1.82) is 5.26 Å². The Hall–Kier alpha value is -4.45. The van der Waals surface area contributed by atoms with Gasteiger partial charge >= 0.3 is 0 Å². The quantitative estimate of drug-likeness (QED) is 0.525. The lowest BCUT2D eigenvalue weighted by Gasteiger charge is -2.42. The van der Waals surface area contributed by atoms with Crippen LogP contribution in [-0.2, 0) is 0 Å². The highest BCUT2D eigenvalue weighted by Gasteiger charge is 2.37. The molecule has 1 fully saturated rings. The van der Waals surface area contributed by atoms with Crippen LogP contribution in [0.4, 0.5) is 5.82 Å². The molecule has 1 aromatic heterocycles. The van der Waals surface area contributed by atoms with E-state index in [-0.39, 0.29) is 17.2 Å². The summed E-state index contributed by atoms with van der Waals surface area (Å²) < 4.78 is 6.37. The van der Waals surface area contributed by atoms with E-state index < -0.39 is 0 Å². The van der Waals surface area contributed by atoms with Crippen LogP contribution in [0.25, 0.3) is 0 Å². The van der Waals surface area contributed by atoms with Crippen LogP contribution in [0.1, 0.15) is 57.8 Å². The first-order valence-electron chi connectivity index (χ1n) is 13.8. The Bertz CT molecular complexity index is 1390. The molecule has 0 aliphatic carbocycles. The number of hydrogen-bond donors (Lipinski definition) is 1. The van der Waals surface area contributed by atoms with Gasteiger partial charge in [0, 0.05) is 49.9 Å². The molecule has 2 aromatic carbocycles. The van der Waals surface area contributed by atoms with Crippen LogP contribution in [0.5, 0.6) is 5.75 Å². The molecule has 9 heteroatoms. The van der Waals surface area contributed by atoms with Gasteiger partial charge in [0.15, 0.2) is 0 Å². The molecule has 2 aliphatic heterocycles. The second kappa shape index (κ2) is 12.2. The van der Waals surface area contributed by atoms with Gasteiger partial charge in [0.25, 0.3) is 11.8 Å². The summed E-state index contributed by atoms with van der Waals surface area (Å²) in [6, 6.07) is 18.2. The van der Waals surface area contributed by atoms with E-state index in [0.29, 0.717) is 61.1 Å². The van der Waals surface area contributed by atoms with Crippen molar-refractivity contribution in [1.82, 2.24) is 20.2 Å². The number of likely N-dealkylation sites (tertiary alicyclic amines) is 1. The zero-order valence-electron chi connectivity index (χ0n) is 22.8. The van der Waals surface area contributed by atoms with E-state index in [9.17, 15) is 9.59 Å². The van der Waals surface area contributed by atoms with Crippen LogP contribution >= 0.6 is 0 Å². The topological polar surface area (TPSA) is 111 Å². The molecule has 3 heterocycles. The van der Waals surface area contributed by atoms with Crippen molar-refractivity contribution >= 4 is 17.6 Å². The molecular weight excluding hydrogens is 504 g/mol. The Morgan fingerprint density at radius 3 is 2.55 bits per heavy atom. The highest BCUT2D eigenvalue weighted by atomic mass is 16.5. The van der Waals surface area contributed by atoms with Crippen molar-refractivity contribution in [2.45, 2.75) is 32.6 Å². The Morgan fingerprint density at radius 2 is 1.80 bits per heavy atom. The highest BCUT2D eigenvalue weighted by molar-refractivity contribution is 5.97. The molecule has 9 nitrogen and oxygen atoms in total. The average molecular weight is 539 g/mol. The summed E-state index contributed by atoms with van der Waals surface area (Å²) in [5.74, 6) is 1.97. The monoisotopic (exact) mass is 538 g/mol. The maximum absolute atomic E-state index is 13.2. The highest BCUT2D eigenvalue weighted by Crippen LogP contribution is 2.38. The summed E-state index contributed by atoms with van der Waals surface area (Å²) in [6.07, 6.45) is 5.22. The van der Waals surface area contributed by atoms with Gasteiger partial charge in [-0.25, -0.2) is 9.97 Å². The van der Waals surface area contributed by atoms with Gasteiger partial charge < -0.3 is 19.9 Å². The second-order valence-electron chi connectivity index (χ2n) is 10.6. The van der Waals surface area contributed by atoms with E-state index >= 15 is 0 Å². The summed E-state index contributed by atoms with van der Waals surface area (Å²) in [5, 5.41) is 12.1. The minimum absolute atomic E-state index is 0.0165. The summed E-state index contributed by atoms with van der Waals surface area (Å²) in [5.41, 5.74) is 1.52. The summed E-state index contributed by atoms with van der Waals surface area (Å²) >= 11 is 0. The number of para-hydroxylation sites is 1. The summed E-state index contributed by atoms with van der Waals surface area (Å²) in [6.45, 7) is 5.50. The maximum Gasteiger partial charge on any atom is 0.255 e. The molecule has 1 spiro atoms. The number of carbonyl (C=O) groups is 2. The van der Waals surface area contributed by atoms with Crippen LogP contribution in [-0.4, -0.2) is 66.0 Å². The van der Waals surface area contributed by atoms with Gasteiger partial charge in [-0.3, -0.25) is 9.59 Å². The van der Waals surface area contributed by atoms with Crippen molar-refractivity contribution < 1.29 is 14.3 Å². The van der Waals surface area contributed by atoms with Crippen molar-refractivity contribution in [3.05, 3.63) is 83.3 Å². The molecular formula is C31H34N6O3. The normalized spacial score (nSPS) is 17.8. The largest absolute Gasteiger partial charge is 0.492 e. The fraction of sp³-hybridized carbons (Fsp3) is 0.387. The van der Waals surface area contributed by atoms with Crippen LogP contribution in [0, 0.1) is 23.7 Å². The fourth-order valence-corrected chi connectivity index (χ4v) is 5.54. The van der Waals surface area contributed by atoms with Crippen LogP contribution in [0.3, 0.4) is 0 Å². The number of nitriles is 1. The first-order valence-corrected chi connectivity index (χ1v) is 13.8.